The molecule has 1 aromatic rings. The molecule has 100 valence electrons. The molecule has 1 saturated heterocycles. The lowest BCUT2D eigenvalue weighted by molar-refractivity contribution is -0.129. The van der Waals surface area contributed by atoms with E-state index in [1.165, 1.54) is 5.56 Å². The molecule has 0 atom stereocenters. The van der Waals surface area contributed by atoms with Crippen molar-refractivity contribution in [1.82, 2.24) is 10.2 Å². The quantitative estimate of drug-likeness (QED) is 0.820. The molecule has 1 heterocycles. The van der Waals surface area contributed by atoms with Gasteiger partial charge in [0.2, 0.25) is 5.91 Å². The second-order valence-electron chi connectivity index (χ2n) is 4.27. The van der Waals surface area contributed by atoms with Crippen molar-refractivity contribution in [2.45, 2.75) is 13.8 Å². The summed E-state index contributed by atoms with van der Waals surface area (Å²) in [5.41, 5.74) is 1.26. The molecule has 4 nitrogen and oxygen atoms in total. The van der Waals surface area contributed by atoms with E-state index in [4.69, 9.17) is 4.74 Å². The monoisotopic (exact) mass is 250 g/mol. The van der Waals surface area contributed by atoms with E-state index >= 15 is 0 Å². The molecule has 0 aliphatic carbocycles. The number of aryl methyl sites for hydroxylation is 1. The zero-order chi connectivity index (χ0) is 13.4. The van der Waals surface area contributed by atoms with Crippen molar-refractivity contribution in [2.24, 2.45) is 0 Å². The molecule has 1 aromatic carbocycles. The van der Waals surface area contributed by atoms with Crippen molar-refractivity contribution in [1.29, 1.82) is 0 Å². The van der Waals surface area contributed by atoms with Crippen LogP contribution in [0.4, 0.5) is 0 Å². The fraction of sp³-hybridized carbons (Fsp3) is 0.500. The van der Waals surface area contributed by atoms with Crippen LogP contribution in [-0.4, -0.2) is 44.1 Å². The first-order valence-electron chi connectivity index (χ1n) is 6.20. The summed E-state index contributed by atoms with van der Waals surface area (Å²) in [7, 11) is 1.67. The number of carbonyl (C=O) groups is 1. The smallest absolute Gasteiger partial charge is 0.219 e. The van der Waals surface area contributed by atoms with Crippen LogP contribution in [0.1, 0.15) is 12.5 Å². The third-order valence-electron chi connectivity index (χ3n) is 2.82. The Labute approximate surface area is 109 Å². The zero-order valence-corrected chi connectivity index (χ0v) is 11.4. The summed E-state index contributed by atoms with van der Waals surface area (Å²) in [6.45, 7) is 7.30. The molecule has 0 spiro atoms. The molecular weight excluding hydrogens is 228 g/mol. The zero-order valence-electron chi connectivity index (χ0n) is 11.4. The van der Waals surface area contributed by atoms with Crippen molar-refractivity contribution in [3.8, 4) is 5.75 Å². The van der Waals surface area contributed by atoms with E-state index in [-0.39, 0.29) is 5.91 Å². The maximum atomic E-state index is 10.7. The van der Waals surface area contributed by atoms with Crippen LogP contribution in [0.2, 0.25) is 0 Å². The summed E-state index contributed by atoms with van der Waals surface area (Å²) < 4.78 is 4.97. The average molecular weight is 250 g/mol. The second kappa shape index (κ2) is 7.71. The fourth-order valence-electron chi connectivity index (χ4n) is 1.65. The van der Waals surface area contributed by atoms with E-state index in [1.807, 2.05) is 29.2 Å². The highest BCUT2D eigenvalue weighted by Gasteiger charge is 2.10. The van der Waals surface area contributed by atoms with Gasteiger partial charge in [-0.05, 0) is 19.1 Å². The molecule has 1 aliphatic rings. The highest BCUT2D eigenvalue weighted by Crippen LogP contribution is 2.09. The SMILES string of the molecule is CC(=O)N1CCNCC1.COc1ccc(C)cc1. The molecule has 4 heteroatoms. The second-order valence-corrected chi connectivity index (χ2v) is 4.27. The van der Waals surface area contributed by atoms with Crippen molar-refractivity contribution < 1.29 is 9.53 Å². The largest absolute Gasteiger partial charge is 0.497 e. The molecule has 1 amide bonds. The standard InChI is InChI=1S/C8H10O.C6H12N2O/c1-7-3-5-8(9-2)6-4-7;1-6(9)8-4-2-7-3-5-8/h3-6H,1-2H3;7H,2-5H2,1H3. The van der Waals surface area contributed by atoms with E-state index < -0.39 is 0 Å². The van der Waals surface area contributed by atoms with Crippen LogP contribution < -0.4 is 10.1 Å². The van der Waals surface area contributed by atoms with Crippen molar-refractivity contribution >= 4 is 5.91 Å². The Balaban J connectivity index is 0.000000180. The molecule has 0 aromatic heterocycles. The number of hydrogen-bond donors (Lipinski definition) is 1. The van der Waals surface area contributed by atoms with Crippen LogP contribution in [0.3, 0.4) is 0 Å². The number of carbonyl (C=O) groups excluding carboxylic acids is 1. The van der Waals surface area contributed by atoms with Gasteiger partial charge in [-0.25, -0.2) is 0 Å². The minimum Gasteiger partial charge on any atom is -0.497 e. The molecule has 2 rings (SSSR count). The fourth-order valence-corrected chi connectivity index (χ4v) is 1.65. The molecule has 1 N–H and O–H groups in total. The van der Waals surface area contributed by atoms with Crippen LogP contribution in [0.5, 0.6) is 5.75 Å². The van der Waals surface area contributed by atoms with Crippen molar-refractivity contribution in [3.63, 3.8) is 0 Å². The number of nitrogens with one attached hydrogen (secondary N) is 1. The first-order valence-corrected chi connectivity index (χ1v) is 6.20. The third kappa shape index (κ3) is 5.19. The Bertz CT molecular complexity index is 357. The highest BCUT2D eigenvalue weighted by molar-refractivity contribution is 5.73. The average Bonchev–Trinajstić information content (AvgIpc) is 2.41. The van der Waals surface area contributed by atoms with Gasteiger partial charge in [0.25, 0.3) is 0 Å². The number of rotatable bonds is 1. The third-order valence-corrected chi connectivity index (χ3v) is 2.82. The van der Waals surface area contributed by atoms with Crippen molar-refractivity contribution in [3.05, 3.63) is 29.8 Å². The molecule has 0 radical (unpaired) electrons. The lowest BCUT2D eigenvalue weighted by Gasteiger charge is -2.25. The number of amides is 1. The van der Waals surface area contributed by atoms with Gasteiger partial charge in [-0.3, -0.25) is 4.79 Å². The Kier molecular flexibility index (Phi) is 6.22. The lowest BCUT2D eigenvalue weighted by Crippen LogP contribution is -2.45. The molecular formula is C14H22N2O2. The molecule has 1 aliphatic heterocycles. The predicted octanol–water partition coefficient (Wildman–Crippen LogP) is 1.44. The maximum absolute atomic E-state index is 10.7. The van der Waals surface area contributed by atoms with Gasteiger partial charge in [0.05, 0.1) is 7.11 Å². The van der Waals surface area contributed by atoms with Gasteiger partial charge in [0.1, 0.15) is 5.75 Å². The summed E-state index contributed by atoms with van der Waals surface area (Å²) in [5, 5.41) is 3.18. The number of benzene rings is 1. The number of nitrogens with zero attached hydrogens (tertiary/aromatic N) is 1. The normalized spacial score (nSPS) is 14.5. The van der Waals surface area contributed by atoms with Gasteiger partial charge >= 0.3 is 0 Å². The number of piperazine rings is 1. The molecule has 0 saturated carbocycles. The maximum Gasteiger partial charge on any atom is 0.219 e. The summed E-state index contributed by atoms with van der Waals surface area (Å²) in [6, 6.07) is 7.96. The minimum atomic E-state index is 0.191. The molecule has 0 bridgehead atoms. The minimum absolute atomic E-state index is 0.191. The topological polar surface area (TPSA) is 41.6 Å². The lowest BCUT2D eigenvalue weighted by atomic mass is 10.2. The van der Waals surface area contributed by atoms with Gasteiger partial charge in [-0.2, -0.15) is 0 Å². The van der Waals surface area contributed by atoms with Gasteiger partial charge in [0, 0.05) is 33.1 Å². The van der Waals surface area contributed by atoms with E-state index in [2.05, 4.69) is 12.2 Å². The van der Waals surface area contributed by atoms with E-state index in [9.17, 15) is 4.79 Å². The number of ether oxygens (including phenoxy) is 1. The summed E-state index contributed by atoms with van der Waals surface area (Å²) in [4.78, 5) is 12.6. The van der Waals surface area contributed by atoms with E-state index in [0.29, 0.717) is 0 Å². The Morgan fingerprint density at radius 2 is 1.78 bits per heavy atom. The Morgan fingerprint density at radius 1 is 1.22 bits per heavy atom. The van der Waals surface area contributed by atoms with Gasteiger partial charge in [0.15, 0.2) is 0 Å². The van der Waals surface area contributed by atoms with Crippen LogP contribution in [0, 0.1) is 6.92 Å². The van der Waals surface area contributed by atoms with Crippen LogP contribution in [0.25, 0.3) is 0 Å². The van der Waals surface area contributed by atoms with Gasteiger partial charge in [-0.1, -0.05) is 17.7 Å². The predicted molar refractivity (Wildman–Crippen MR) is 72.9 cm³/mol. The molecule has 18 heavy (non-hydrogen) atoms. The van der Waals surface area contributed by atoms with E-state index in [0.717, 1.165) is 31.9 Å². The number of hydrogen-bond acceptors (Lipinski definition) is 3. The summed E-state index contributed by atoms with van der Waals surface area (Å²) in [6.07, 6.45) is 0. The summed E-state index contributed by atoms with van der Waals surface area (Å²) >= 11 is 0. The van der Waals surface area contributed by atoms with Crippen molar-refractivity contribution in [2.75, 3.05) is 33.3 Å². The molecule has 0 unspecified atom stereocenters. The van der Waals surface area contributed by atoms with Gasteiger partial charge < -0.3 is 15.0 Å². The van der Waals surface area contributed by atoms with Crippen LogP contribution in [0.15, 0.2) is 24.3 Å². The Hall–Kier alpha value is -1.55. The first kappa shape index (κ1) is 14.5. The summed E-state index contributed by atoms with van der Waals surface area (Å²) in [5.74, 6) is 1.11. The molecule has 1 fully saturated rings. The van der Waals surface area contributed by atoms with Crippen LogP contribution >= 0.6 is 0 Å². The van der Waals surface area contributed by atoms with Crippen LogP contribution in [-0.2, 0) is 4.79 Å². The Morgan fingerprint density at radius 3 is 2.17 bits per heavy atom. The highest BCUT2D eigenvalue weighted by atomic mass is 16.5. The van der Waals surface area contributed by atoms with E-state index in [1.54, 1.807) is 14.0 Å². The first-order chi connectivity index (χ1) is 8.63. The van der Waals surface area contributed by atoms with Gasteiger partial charge in [-0.15, -0.1) is 0 Å². The number of methoxy groups -OCH3 is 1.